The SMILES string of the molecule is CO[C@H]1C[C@@H]2CC[C@@H](C)[C@@](O)(O2)C(=O)C(=O)N2CCCC[C@H]2C(=O)O[C@H]([C@H](C)C[C@@H]2CC[C@@H](O[Si](C)(C)C(C)(C)C)[C@H](OC)C2)CC(=O)[C@H](C)/C=C(\C)[C@@H](OC)[C@@H](OC)C(=O)[C@H](C)CC(C)/C=C/C=C/C=C/1C. The van der Waals surface area contributed by atoms with E-state index in [1.54, 1.807) is 34.1 Å². The predicted octanol–water partition coefficient (Wildman–Crippen LogP) is 9.86. The first-order valence-electron chi connectivity index (χ1n) is 27.2. The van der Waals surface area contributed by atoms with E-state index in [0.29, 0.717) is 50.5 Å². The second kappa shape index (κ2) is 27.8. The molecule has 4 aliphatic rings. The van der Waals surface area contributed by atoms with Gasteiger partial charge in [-0.05, 0) is 125 Å². The molecule has 3 fully saturated rings. The van der Waals surface area contributed by atoms with E-state index >= 15 is 0 Å². The van der Waals surface area contributed by atoms with E-state index in [4.69, 9.17) is 32.8 Å². The predicted molar refractivity (Wildman–Crippen MR) is 286 cm³/mol. The molecule has 0 radical (unpaired) electrons. The number of hydrogen-bond acceptors (Lipinski definition) is 13. The Morgan fingerprint density at radius 2 is 1.49 bits per heavy atom. The highest BCUT2D eigenvalue weighted by atomic mass is 28.4. The van der Waals surface area contributed by atoms with Gasteiger partial charge in [-0.25, -0.2) is 4.79 Å². The van der Waals surface area contributed by atoms with Crippen molar-refractivity contribution in [3.05, 3.63) is 47.6 Å². The van der Waals surface area contributed by atoms with Crippen molar-refractivity contribution in [2.75, 3.05) is 35.0 Å². The van der Waals surface area contributed by atoms with Crippen molar-refractivity contribution in [3.8, 4) is 0 Å². The van der Waals surface area contributed by atoms with Gasteiger partial charge in [0.05, 0.1) is 24.4 Å². The number of nitrogens with zero attached hydrogens (tertiary/aromatic N) is 1. The Kier molecular flexibility index (Phi) is 23.7. The number of Topliss-reactive ketones (excluding diaryl/α,β-unsaturated/α-hetero) is 3. The molecule has 1 aliphatic carbocycles. The van der Waals surface area contributed by atoms with E-state index in [1.807, 2.05) is 58.1 Å². The largest absolute Gasteiger partial charge is 0.460 e. The van der Waals surface area contributed by atoms with Gasteiger partial charge < -0.3 is 42.9 Å². The van der Waals surface area contributed by atoms with Crippen LogP contribution in [0.3, 0.4) is 0 Å². The molecule has 2 bridgehead atoms. The van der Waals surface area contributed by atoms with Crippen LogP contribution in [-0.2, 0) is 56.8 Å². The molecular weight excluding hydrogens is 947 g/mol. The number of methoxy groups -OCH3 is 4. The van der Waals surface area contributed by atoms with Gasteiger partial charge in [0.25, 0.3) is 11.7 Å². The van der Waals surface area contributed by atoms with E-state index in [2.05, 4.69) is 40.8 Å². The van der Waals surface area contributed by atoms with Gasteiger partial charge in [-0.2, -0.15) is 0 Å². The van der Waals surface area contributed by atoms with Crippen LogP contribution in [0.25, 0.3) is 0 Å². The highest BCUT2D eigenvalue weighted by molar-refractivity contribution is 6.74. The van der Waals surface area contributed by atoms with Crippen LogP contribution in [0.2, 0.25) is 18.1 Å². The van der Waals surface area contributed by atoms with Crippen LogP contribution in [-0.4, -0.2) is 137 Å². The van der Waals surface area contributed by atoms with Gasteiger partial charge in [0.2, 0.25) is 5.79 Å². The Morgan fingerprint density at radius 1 is 0.808 bits per heavy atom. The van der Waals surface area contributed by atoms with E-state index in [0.717, 1.165) is 24.8 Å². The number of ketones is 3. The quantitative estimate of drug-likeness (QED) is 0.100. The van der Waals surface area contributed by atoms with E-state index in [-0.39, 0.29) is 71.9 Å². The van der Waals surface area contributed by atoms with Gasteiger partial charge >= 0.3 is 5.97 Å². The van der Waals surface area contributed by atoms with Crippen molar-refractivity contribution in [2.24, 2.45) is 35.5 Å². The zero-order valence-electron chi connectivity index (χ0n) is 47.5. The van der Waals surface area contributed by atoms with Crippen molar-refractivity contribution in [1.29, 1.82) is 0 Å². The third-order valence-corrected chi connectivity index (χ3v) is 21.4. The maximum Gasteiger partial charge on any atom is 0.329 e. The number of cyclic esters (lactones) is 1. The summed E-state index contributed by atoms with van der Waals surface area (Å²) >= 11 is 0. The number of carbonyl (C=O) groups excluding carboxylic acids is 5. The van der Waals surface area contributed by atoms with Gasteiger partial charge in [-0.15, -0.1) is 0 Å². The molecule has 1 unspecified atom stereocenters. The molecule has 0 spiro atoms. The number of aliphatic hydroxyl groups is 1. The number of esters is 1. The van der Waals surface area contributed by atoms with Gasteiger partial charge in [0.15, 0.2) is 14.1 Å². The number of fused-ring (bicyclic) bond motifs is 3. The number of rotatable bonds is 9. The highest BCUT2D eigenvalue weighted by Crippen LogP contribution is 2.42. The molecule has 3 aliphatic heterocycles. The summed E-state index contributed by atoms with van der Waals surface area (Å²) in [7, 11) is 4.26. The van der Waals surface area contributed by atoms with Crippen LogP contribution >= 0.6 is 0 Å². The number of ether oxygens (including phenoxy) is 6. The average Bonchev–Trinajstić information content (AvgIpc) is 3.34. The molecule has 0 aromatic rings. The number of piperidine rings is 1. The smallest absolute Gasteiger partial charge is 0.329 e. The fourth-order valence-corrected chi connectivity index (χ4v) is 12.5. The van der Waals surface area contributed by atoms with Crippen LogP contribution in [0.15, 0.2) is 47.6 Å². The Labute approximate surface area is 439 Å². The first-order chi connectivity index (χ1) is 34.2. The molecule has 1 saturated carbocycles. The highest BCUT2D eigenvalue weighted by Gasteiger charge is 2.53. The molecule has 14 nitrogen and oxygen atoms in total. The molecule has 2 saturated heterocycles. The van der Waals surface area contributed by atoms with Crippen LogP contribution < -0.4 is 0 Å². The second-order valence-corrected chi connectivity index (χ2v) is 28.4. The standard InChI is InChI=1S/C58H95NO13Si/c1-36-22-18-17-19-23-37(2)48(66-11)34-44-27-25-42(7)58(65,71-44)54(62)55(63)59-29-21-20-24-45(59)56(64)70-49(35-46(60)38(3)31-41(6)52(68-13)53(69-14)51(61)40(5)30-36)39(4)32-43-26-28-47(50(33-43)67-12)72-73(15,16)57(8,9)10/h17-19,22-23,31,36,38-40,42-45,47-50,52-53,65H,20-21,24-30,32-35H2,1-16H3/b19-17+,22-18+,37-23+,41-31+/t36?,38-,39-,40-,42-,43+,44+,45+,47-,48+,49+,50-,52-,53+,58-/m1/s1. The number of amides is 1. The normalized spacial score (nSPS) is 37.8. The molecule has 0 aromatic heterocycles. The van der Waals surface area contributed by atoms with Crippen molar-refractivity contribution < 1.29 is 61.9 Å². The summed E-state index contributed by atoms with van der Waals surface area (Å²) < 4.78 is 43.2. The molecule has 1 amide bonds. The Balaban J connectivity index is 1.72. The minimum absolute atomic E-state index is 0.0365. The minimum Gasteiger partial charge on any atom is -0.460 e. The van der Waals surface area contributed by atoms with Crippen molar-refractivity contribution in [3.63, 3.8) is 0 Å². The molecule has 3 heterocycles. The fourth-order valence-electron chi connectivity index (χ4n) is 11.1. The van der Waals surface area contributed by atoms with Crippen molar-refractivity contribution >= 4 is 37.5 Å². The number of carbonyl (C=O) groups is 5. The lowest BCUT2D eigenvalue weighted by Crippen LogP contribution is -2.61. The van der Waals surface area contributed by atoms with E-state index < -0.39 is 80.2 Å². The molecule has 15 heteroatoms. The second-order valence-electron chi connectivity index (χ2n) is 23.7. The molecule has 15 atom stereocenters. The Bertz CT molecular complexity index is 1990. The molecule has 73 heavy (non-hydrogen) atoms. The summed E-state index contributed by atoms with van der Waals surface area (Å²) in [5.74, 6) is -7.26. The first-order valence-corrected chi connectivity index (χ1v) is 30.1. The summed E-state index contributed by atoms with van der Waals surface area (Å²) in [4.78, 5) is 73.2. The van der Waals surface area contributed by atoms with Crippen LogP contribution in [0.5, 0.6) is 0 Å². The maximum atomic E-state index is 14.7. The Morgan fingerprint density at radius 3 is 2.12 bits per heavy atom. The molecule has 0 aromatic carbocycles. The topological polar surface area (TPSA) is 173 Å². The van der Waals surface area contributed by atoms with Crippen molar-refractivity contribution in [2.45, 2.75) is 219 Å². The number of allylic oxidation sites excluding steroid dienone is 6. The molecular formula is C58H95NO13Si. The average molecular weight is 1040 g/mol. The van der Waals surface area contributed by atoms with Crippen molar-refractivity contribution in [1.82, 2.24) is 4.90 Å². The zero-order valence-corrected chi connectivity index (χ0v) is 48.5. The third kappa shape index (κ3) is 16.4. The van der Waals surface area contributed by atoms with Crippen LogP contribution in [0.1, 0.15) is 146 Å². The monoisotopic (exact) mass is 1040 g/mol. The van der Waals surface area contributed by atoms with E-state index in [9.17, 15) is 29.1 Å². The lowest BCUT2D eigenvalue weighted by atomic mass is 9.78. The van der Waals surface area contributed by atoms with Gasteiger partial charge in [-0.1, -0.05) is 91.8 Å². The number of hydrogen-bond donors (Lipinski definition) is 1. The molecule has 1 N–H and O–H groups in total. The zero-order chi connectivity index (χ0) is 54.6. The summed E-state index contributed by atoms with van der Waals surface area (Å²) in [5, 5.41) is 12.1. The van der Waals surface area contributed by atoms with Gasteiger partial charge in [0, 0.05) is 65.6 Å². The minimum atomic E-state index is -2.42. The third-order valence-electron chi connectivity index (χ3n) is 16.9. The Hall–Kier alpha value is -3.15. The molecule has 4 rings (SSSR count). The summed E-state index contributed by atoms with van der Waals surface area (Å²) in [6.07, 6.45) is 14.1. The lowest BCUT2D eigenvalue weighted by molar-refractivity contribution is -0.265. The van der Waals surface area contributed by atoms with Crippen LogP contribution in [0, 0.1) is 35.5 Å². The lowest BCUT2D eigenvalue weighted by Gasteiger charge is -2.44. The summed E-state index contributed by atoms with van der Waals surface area (Å²) in [5.41, 5.74) is 1.56. The summed E-state index contributed by atoms with van der Waals surface area (Å²) in [6, 6.07) is -1.12. The maximum absolute atomic E-state index is 14.7. The van der Waals surface area contributed by atoms with Gasteiger partial charge in [-0.3, -0.25) is 19.2 Å². The first kappa shape index (κ1) is 62.4. The summed E-state index contributed by atoms with van der Waals surface area (Å²) in [6.45, 7) is 24.5. The molecule has 414 valence electrons. The van der Waals surface area contributed by atoms with Gasteiger partial charge in [0.1, 0.15) is 30.1 Å². The van der Waals surface area contributed by atoms with Crippen LogP contribution in [0.4, 0.5) is 0 Å². The fraction of sp³-hybridized carbons (Fsp3) is 0.776. The van der Waals surface area contributed by atoms with E-state index in [1.165, 1.54) is 19.1 Å².